The first-order chi connectivity index (χ1) is 6.20. The SMILES string of the molecule is CS(=O)CCNC(=O)c1ccco1. The van der Waals surface area contributed by atoms with Crippen LogP contribution in [0.4, 0.5) is 0 Å². The Morgan fingerprint density at radius 2 is 2.46 bits per heavy atom. The van der Waals surface area contributed by atoms with Crippen molar-refractivity contribution in [2.24, 2.45) is 0 Å². The molecule has 13 heavy (non-hydrogen) atoms. The highest BCUT2D eigenvalue weighted by molar-refractivity contribution is 7.84. The van der Waals surface area contributed by atoms with Crippen molar-refractivity contribution < 1.29 is 13.4 Å². The lowest BCUT2D eigenvalue weighted by atomic mass is 10.4. The third kappa shape index (κ3) is 3.42. The lowest BCUT2D eigenvalue weighted by Gasteiger charge is -2.00. The summed E-state index contributed by atoms with van der Waals surface area (Å²) < 4.78 is 15.5. The van der Waals surface area contributed by atoms with Gasteiger partial charge in [0.1, 0.15) is 0 Å². The van der Waals surface area contributed by atoms with Crippen molar-refractivity contribution in [1.82, 2.24) is 5.32 Å². The van der Waals surface area contributed by atoms with E-state index >= 15 is 0 Å². The lowest BCUT2D eigenvalue weighted by Crippen LogP contribution is -2.27. The quantitative estimate of drug-likeness (QED) is 0.766. The molecule has 0 saturated carbocycles. The Labute approximate surface area is 78.8 Å². The first-order valence-electron chi connectivity index (χ1n) is 3.82. The van der Waals surface area contributed by atoms with Gasteiger partial charge in [0, 0.05) is 29.4 Å². The first kappa shape index (κ1) is 9.98. The minimum absolute atomic E-state index is 0.268. The van der Waals surface area contributed by atoms with E-state index in [9.17, 15) is 9.00 Å². The van der Waals surface area contributed by atoms with Crippen molar-refractivity contribution in [3.8, 4) is 0 Å². The Morgan fingerprint density at radius 3 is 3.00 bits per heavy atom. The number of furan rings is 1. The van der Waals surface area contributed by atoms with Gasteiger partial charge >= 0.3 is 0 Å². The van der Waals surface area contributed by atoms with Crippen LogP contribution in [0.25, 0.3) is 0 Å². The molecule has 0 fully saturated rings. The number of nitrogens with one attached hydrogen (secondary N) is 1. The molecule has 1 N–H and O–H groups in total. The van der Waals surface area contributed by atoms with E-state index in [2.05, 4.69) is 5.32 Å². The number of carbonyl (C=O) groups is 1. The van der Waals surface area contributed by atoms with Gasteiger partial charge in [0.05, 0.1) is 6.26 Å². The third-order valence-electron chi connectivity index (χ3n) is 1.42. The Balaban J connectivity index is 2.31. The van der Waals surface area contributed by atoms with Gasteiger partial charge in [-0.1, -0.05) is 0 Å². The molecule has 1 rings (SSSR count). The molecule has 1 heterocycles. The molecule has 1 atom stereocenters. The Bertz CT molecular complexity index is 294. The van der Waals surface area contributed by atoms with Crippen LogP contribution < -0.4 is 5.32 Å². The number of amides is 1. The number of hydrogen-bond donors (Lipinski definition) is 1. The van der Waals surface area contributed by atoms with Crippen LogP contribution >= 0.6 is 0 Å². The number of rotatable bonds is 4. The third-order valence-corrected chi connectivity index (χ3v) is 2.20. The second kappa shape index (κ2) is 4.81. The second-order valence-corrected chi connectivity index (χ2v) is 4.07. The summed E-state index contributed by atoms with van der Waals surface area (Å²) in [6, 6.07) is 3.23. The standard InChI is InChI=1S/C8H11NO3S/c1-13(11)6-4-9-8(10)7-3-2-5-12-7/h2-3,5H,4,6H2,1H3,(H,9,10). The highest BCUT2D eigenvalue weighted by Gasteiger charge is 2.06. The smallest absolute Gasteiger partial charge is 0.287 e. The first-order valence-corrected chi connectivity index (χ1v) is 5.54. The predicted octanol–water partition coefficient (Wildman–Crippen LogP) is 0.388. The van der Waals surface area contributed by atoms with Crippen LogP contribution in [0.3, 0.4) is 0 Å². The molecule has 1 amide bonds. The molecule has 0 saturated heterocycles. The zero-order chi connectivity index (χ0) is 9.68. The van der Waals surface area contributed by atoms with E-state index in [-0.39, 0.29) is 11.7 Å². The van der Waals surface area contributed by atoms with Crippen molar-refractivity contribution in [2.75, 3.05) is 18.6 Å². The molecule has 0 aliphatic heterocycles. The summed E-state index contributed by atoms with van der Waals surface area (Å²) in [7, 11) is -0.874. The van der Waals surface area contributed by atoms with Crippen LogP contribution in [0.15, 0.2) is 22.8 Å². The minimum atomic E-state index is -0.874. The van der Waals surface area contributed by atoms with Crippen LogP contribution in [0.2, 0.25) is 0 Å². The number of carbonyl (C=O) groups excluding carboxylic acids is 1. The van der Waals surface area contributed by atoms with Crippen molar-refractivity contribution in [2.45, 2.75) is 0 Å². The molecule has 1 aromatic rings. The van der Waals surface area contributed by atoms with Gasteiger partial charge in [0.25, 0.3) is 5.91 Å². The average Bonchev–Trinajstić information content (AvgIpc) is 2.55. The normalized spacial score (nSPS) is 12.4. The molecule has 5 heteroatoms. The van der Waals surface area contributed by atoms with E-state index in [0.717, 1.165) is 0 Å². The zero-order valence-corrected chi connectivity index (χ0v) is 8.10. The van der Waals surface area contributed by atoms with Gasteiger partial charge in [-0.05, 0) is 12.1 Å². The van der Waals surface area contributed by atoms with Gasteiger partial charge in [0.15, 0.2) is 5.76 Å². The van der Waals surface area contributed by atoms with Crippen LogP contribution in [0.5, 0.6) is 0 Å². The Kier molecular flexibility index (Phi) is 3.70. The van der Waals surface area contributed by atoms with E-state index in [4.69, 9.17) is 4.42 Å². The van der Waals surface area contributed by atoms with Crippen molar-refractivity contribution in [1.29, 1.82) is 0 Å². The molecule has 0 aliphatic rings. The fraction of sp³-hybridized carbons (Fsp3) is 0.375. The summed E-state index contributed by atoms with van der Waals surface area (Å²) in [5.41, 5.74) is 0. The van der Waals surface area contributed by atoms with Crippen molar-refractivity contribution >= 4 is 16.7 Å². The predicted molar refractivity (Wildman–Crippen MR) is 50.0 cm³/mol. The maximum atomic E-state index is 11.2. The molecule has 0 bridgehead atoms. The highest BCUT2D eigenvalue weighted by Crippen LogP contribution is 1.98. The number of hydrogen-bond acceptors (Lipinski definition) is 3. The Hall–Kier alpha value is -1.10. The van der Waals surface area contributed by atoms with Gasteiger partial charge in [-0.3, -0.25) is 9.00 Å². The summed E-state index contributed by atoms with van der Waals surface area (Å²) in [5.74, 6) is 0.476. The fourth-order valence-corrected chi connectivity index (χ4v) is 1.19. The molecule has 72 valence electrons. The maximum absolute atomic E-state index is 11.2. The summed E-state index contributed by atoms with van der Waals surface area (Å²) in [6.07, 6.45) is 3.03. The van der Waals surface area contributed by atoms with Crippen LogP contribution in [0.1, 0.15) is 10.6 Å². The zero-order valence-electron chi connectivity index (χ0n) is 7.28. The van der Waals surface area contributed by atoms with E-state index in [1.165, 1.54) is 6.26 Å². The molecule has 1 aromatic heterocycles. The Morgan fingerprint density at radius 1 is 1.69 bits per heavy atom. The van der Waals surface area contributed by atoms with Crippen molar-refractivity contribution in [3.05, 3.63) is 24.2 Å². The second-order valence-electron chi connectivity index (χ2n) is 2.51. The van der Waals surface area contributed by atoms with Gasteiger partial charge in [-0.25, -0.2) is 0 Å². The van der Waals surface area contributed by atoms with E-state index in [0.29, 0.717) is 12.3 Å². The topological polar surface area (TPSA) is 59.3 Å². The minimum Gasteiger partial charge on any atom is -0.459 e. The van der Waals surface area contributed by atoms with Crippen LogP contribution in [-0.2, 0) is 10.8 Å². The molecule has 1 unspecified atom stereocenters. The van der Waals surface area contributed by atoms with Gasteiger partial charge in [-0.2, -0.15) is 0 Å². The fourth-order valence-electron chi connectivity index (χ4n) is 0.803. The molecular weight excluding hydrogens is 190 g/mol. The summed E-state index contributed by atoms with van der Waals surface area (Å²) in [6.45, 7) is 0.405. The largest absolute Gasteiger partial charge is 0.459 e. The molecule has 0 spiro atoms. The van der Waals surface area contributed by atoms with E-state index < -0.39 is 10.8 Å². The van der Waals surface area contributed by atoms with Crippen LogP contribution in [0, 0.1) is 0 Å². The van der Waals surface area contributed by atoms with E-state index in [1.807, 2.05) is 0 Å². The molecular formula is C8H11NO3S. The average molecular weight is 201 g/mol. The van der Waals surface area contributed by atoms with Crippen LogP contribution in [-0.4, -0.2) is 28.7 Å². The monoisotopic (exact) mass is 201 g/mol. The lowest BCUT2D eigenvalue weighted by molar-refractivity contribution is 0.0928. The summed E-state index contributed by atoms with van der Waals surface area (Å²) in [5, 5.41) is 2.59. The van der Waals surface area contributed by atoms with E-state index in [1.54, 1.807) is 18.4 Å². The molecule has 4 nitrogen and oxygen atoms in total. The van der Waals surface area contributed by atoms with Crippen molar-refractivity contribution in [3.63, 3.8) is 0 Å². The summed E-state index contributed by atoms with van der Waals surface area (Å²) in [4.78, 5) is 11.2. The maximum Gasteiger partial charge on any atom is 0.287 e. The highest BCUT2D eigenvalue weighted by atomic mass is 32.2. The van der Waals surface area contributed by atoms with Gasteiger partial charge in [-0.15, -0.1) is 0 Å². The van der Waals surface area contributed by atoms with Gasteiger partial charge < -0.3 is 9.73 Å². The molecule has 0 radical (unpaired) electrons. The molecule has 0 aliphatic carbocycles. The summed E-state index contributed by atoms with van der Waals surface area (Å²) >= 11 is 0. The molecule has 0 aromatic carbocycles. The van der Waals surface area contributed by atoms with Gasteiger partial charge in [0.2, 0.25) is 0 Å².